The van der Waals surface area contributed by atoms with Crippen LogP contribution in [0.1, 0.15) is 11.1 Å². The number of amides is 2. The molecule has 0 radical (unpaired) electrons. The van der Waals surface area contributed by atoms with Crippen LogP contribution in [0.5, 0.6) is 5.75 Å². The van der Waals surface area contributed by atoms with Crippen molar-refractivity contribution in [1.82, 2.24) is 4.90 Å². The van der Waals surface area contributed by atoms with Crippen LogP contribution < -0.4 is 4.18 Å². The number of nitrogens with zero attached hydrogens (tertiary/aromatic N) is 1. The average Bonchev–Trinajstić information content (AvgIpc) is 3.04. The normalized spacial score (nSPS) is 15.4. The Morgan fingerprint density at radius 1 is 0.906 bits per heavy atom. The highest BCUT2D eigenvalue weighted by Crippen LogP contribution is 2.33. The van der Waals surface area contributed by atoms with Gasteiger partial charge in [-0.25, -0.2) is 0 Å². The van der Waals surface area contributed by atoms with Crippen LogP contribution in [0, 0.1) is 0 Å². The van der Waals surface area contributed by atoms with Crippen LogP contribution in [-0.2, 0) is 21.5 Å². The lowest BCUT2D eigenvalue weighted by Gasteiger charge is -2.12. The van der Waals surface area contributed by atoms with E-state index >= 15 is 0 Å². The third kappa shape index (κ3) is 5.04. The van der Waals surface area contributed by atoms with Gasteiger partial charge in [0.15, 0.2) is 0 Å². The Kier molecular flexibility index (Phi) is 6.36. The summed E-state index contributed by atoms with van der Waals surface area (Å²) in [6.07, 6.45) is 1.59. The van der Waals surface area contributed by atoms with Crippen molar-refractivity contribution in [3.8, 4) is 5.75 Å². The molecule has 1 heterocycles. The summed E-state index contributed by atoms with van der Waals surface area (Å²) in [6.45, 7) is 0.156. The van der Waals surface area contributed by atoms with Gasteiger partial charge in [0, 0.05) is 5.02 Å². The fraction of sp³-hybridized carbons (Fsp3) is 0.0435. The molecular weight excluding hydrogens is 470 g/mol. The summed E-state index contributed by atoms with van der Waals surface area (Å²) in [4.78, 5) is 26.5. The monoisotopic (exact) mass is 485 g/mol. The molecule has 0 N–H and O–H groups in total. The van der Waals surface area contributed by atoms with Crippen molar-refractivity contribution >= 4 is 50.7 Å². The van der Waals surface area contributed by atoms with Crippen molar-refractivity contribution in [1.29, 1.82) is 0 Å². The summed E-state index contributed by atoms with van der Waals surface area (Å²) < 4.78 is 29.8. The SMILES string of the molecule is O=C1S/C(=C\c2ccc(OS(=O)(=O)c3ccccc3)cc2)C(=O)N1Cc1ccc(Cl)cc1. The highest BCUT2D eigenvalue weighted by molar-refractivity contribution is 8.18. The van der Waals surface area contributed by atoms with Crippen LogP contribution in [0.4, 0.5) is 4.79 Å². The summed E-state index contributed by atoms with van der Waals surface area (Å²) in [5, 5.41) is 0.219. The number of halogens is 1. The second-order valence-corrected chi connectivity index (χ2v) is 9.79. The molecule has 0 saturated carbocycles. The van der Waals surface area contributed by atoms with E-state index in [4.69, 9.17) is 15.8 Å². The molecule has 1 aliphatic heterocycles. The lowest BCUT2D eigenvalue weighted by Crippen LogP contribution is -2.27. The van der Waals surface area contributed by atoms with Crippen molar-refractivity contribution in [3.63, 3.8) is 0 Å². The molecule has 3 aromatic carbocycles. The molecule has 32 heavy (non-hydrogen) atoms. The topological polar surface area (TPSA) is 80.8 Å². The van der Waals surface area contributed by atoms with Gasteiger partial charge in [0.2, 0.25) is 0 Å². The first-order valence-corrected chi connectivity index (χ1v) is 12.0. The minimum absolute atomic E-state index is 0.0541. The molecule has 4 rings (SSSR count). The Balaban J connectivity index is 1.46. The number of hydrogen-bond acceptors (Lipinski definition) is 6. The minimum atomic E-state index is -3.94. The van der Waals surface area contributed by atoms with Gasteiger partial charge in [-0.05, 0) is 65.4 Å². The first-order valence-electron chi connectivity index (χ1n) is 9.41. The number of imide groups is 1. The largest absolute Gasteiger partial charge is 0.379 e. The number of hydrogen-bond donors (Lipinski definition) is 0. The van der Waals surface area contributed by atoms with E-state index in [1.807, 2.05) is 0 Å². The molecule has 1 aliphatic rings. The lowest BCUT2D eigenvalue weighted by atomic mass is 10.2. The minimum Gasteiger partial charge on any atom is -0.379 e. The van der Waals surface area contributed by atoms with Crippen molar-refractivity contribution in [2.75, 3.05) is 0 Å². The summed E-state index contributed by atoms with van der Waals surface area (Å²) in [5.41, 5.74) is 1.42. The van der Waals surface area contributed by atoms with Gasteiger partial charge >= 0.3 is 10.1 Å². The molecule has 1 fully saturated rings. The van der Waals surface area contributed by atoms with Crippen LogP contribution >= 0.6 is 23.4 Å². The molecule has 0 spiro atoms. The van der Waals surface area contributed by atoms with E-state index in [0.717, 1.165) is 17.3 Å². The molecule has 0 atom stereocenters. The zero-order valence-electron chi connectivity index (χ0n) is 16.5. The maximum Gasteiger partial charge on any atom is 0.339 e. The number of carbonyl (C=O) groups excluding carboxylic acids is 2. The van der Waals surface area contributed by atoms with Gasteiger partial charge in [-0.2, -0.15) is 8.42 Å². The molecule has 0 aliphatic carbocycles. The highest BCUT2D eigenvalue weighted by Gasteiger charge is 2.34. The fourth-order valence-corrected chi connectivity index (χ4v) is 4.86. The number of carbonyl (C=O) groups is 2. The van der Waals surface area contributed by atoms with E-state index in [9.17, 15) is 18.0 Å². The van der Waals surface area contributed by atoms with Gasteiger partial charge in [-0.15, -0.1) is 0 Å². The quantitative estimate of drug-likeness (QED) is 0.346. The van der Waals surface area contributed by atoms with Crippen molar-refractivity contribution < 1.29 is 22.2 Å². The van der Waals surface area contributed by atoms with E-state index in [-0.39, 0.29) is 33.2 Å². The van der Waals surface area contributed by atoms with Crippen molar-refractivity contribution in [2.45, 2.75) is 11.4 Å². The molecular formula is C23H16ClNO5S2. The van der Waals surface area contributed by atoms with Crippen molar-refractivity contribution in [2.24, 2.45) is 0 Å². The van der Waals surface area contributed by atoms with E-state index < -0.39 is 10.1 Å². The number of rotatable bonds is 6. The number of benzene rings is 3. The summed E-state index contributed by atoms with van der Waals surface area (Å²) >= 11 is 6.73. The van der Waals surface area contributed by atoms with Gasteiger partial charge in [0.1, 0.15) is 10.6 Å². The summed E-state index contributed by atoms with van der Waals surface area (Å²) in [6, 6.07) is 21.0. The van der Waals surface area contributed by atoms with E-state index in [1.165, 1.54) is 29.2 Å². The average molecular weight is 486 g/mol. The van der Waals surface area contributed by atoms with Gasteiger partial charge < -0.3 is 4.18 Å². The van der Waals surface area contributed by atoms with Crippen LogP contribution in [0.3, 0.4) is 0 Å². The van der Waals surface area contributed by atoms with Crippen LogP contribution in [-0.4, -0.2) is 24.5 Å². The summed E-state index contributed by atoms with van der Waals surface area (Å²) in [5.74, 6) is -0.247. The van der Waals surface area contributed by atoms with Crippen LogP contribution in [0.2, 0.25) is 5.02 Å². The second-order valence-electron chi connectivity index (χ2n) is 6.81. The van der Waals surface area contributed by atoms with Gasteiger partial charge in [-0.3, -0.25) is 14.5 Å². The van der Waals surface area contributed by atoms with Crippen LogP contribution in [0.25, 0.3) is 6.08 Å². The Bertz CT molecular complexity index is 1290. The molecule has 1 saturated heterocycles. The maximum absolute atomic E-state index is 12.7. The van der Waals surface area contributed by atoms with Gasteiger partial charge in [-0.1, -0.05) is 54.1 Å². The van der Waals surface area contributed by atoms with E-state index in [1.54, 1.807) is 60.7 Å². The molecule has 0 aromatic heterocycles. The van der Waals surface area contributed by atoms with Gasteiger partial charge in [0.05, 0.1) is 11.4 Å². The molecule has 3 aromatic rings. The first-order chi connectivity index (χ1) is 15.3. The molecule has 6 nitrogen and oxygen atoms in total. The second kappa shape index (κ2) is 9.20. The van der Waals surface area contributed by atoms with Crippen LogP contribution in [0.15, 0.2) is 88.7 Å². The molecule has 2 amide bonds. The maximum atomic E-state index is 12.7. The summed E-state index contributed by atoms with van der Waals surface area (Å²) in [7, 11) is -3.94. The predicted molar refractivity (Wildman–Crippen MR) is 124 cm³/mol. The molecule has 0 unspecified atom stereocenters. The fourth-order valence-electron chi connectivity index (χ4n) is 2.94. The zero-order valence-corrected chi connectivity index (χ0v) is 18.9. The van der Waals surface area contributed by atoms with Gasteiger partial charge in [0.25, 0.3) is 11.1 Å². The Hall–Kier alpha value is -3.07. The standard InChI is InChI=1S/C23H16ClNO5S2/c24-18-10-6-17(7-11-18)15-25-22(26)21(31-23(25)27)14-16-8-12-19(13-9-16)30-32(28,29)20-4-2-1-3-5-20/h1-14H,15H2/b21-14-. The van der Waals surface area contributed by atoms with Crippen molar-refractivity contribution in [3.05, 3.63) is 99.9 Å². The first kappa shape index (κ1) is 22.1. The number of thioether (sulfide) groups is 1. The smallest absolute Gasteiger partial charge is 0.339 e. The molecule has 9 heteroatoms. The third-order valence-corrected chi connectivity index (χ3v) is 6.96. The van der Waals surface area contributed by atoms with E-state index in [0.29, 0.717) is 10.6 Å². The Labute approximate surface area is 194 Å². The highest BCUT2D eigenvalue weighted by atomic mass is 35.5. The molecule has 162 valence electrons. The molecule has 0 bridgehead atoms. The zero-order chi connectivity index (χ0) is 22.7. The lowest BCUT2D eigenvalue weighted by molar-refractivity contribution is -0.123. The Morgan fingerprint density at radius 3 is 2.22 bits per heavy atom. The van der Waals surface area contributed by atoms with E-state index in [2.05, 4.69) is 0 Å². The predicted octanol–water partition coefficient (Wildman–Crippen LogP) is 5.34. The third-order valence-electron chi connectivity index (χ3n) is 4.54. The Morgan fingerprint density at radius 2 is 1.56 bits per heavy atom.